The summed E-state index contributed by atoms with van der Waals surface area (Å²) < 4.78 is 25.8. The predicted octanol–water partition coefficient (Wildman–Crippen LogP) is 2.22. The molecule has 1 aliphatic heterocycles. The molecule has 0 aliphatic carbocycles. The van der Waals surface area contributed by atoms with Gasteiger partial charge in [0, 0.05) is 18.4 Å². The highest BCUT2D eigenvalue weighted by Gasteiger charge is 2.34. The Morgan fingerprint density at radius 2 is 2.12 bits per heavy atom. The quantitative estimate of drug-likeness (QED) is 0.803. The van der Waals surface area contributed by atoms with E-state index in [0.717, 1.165) is 5.56 Å². The minimum absolute atomic E-state index is 0.399. The van der Waals surface area contributed by atoms with Gasteiger partial charge < -0.3 is 0 Å². The molecule has 0 bridgehead atoms. The van der Waals surface area contributed by atoms with E-state index >= 15 is 0 Å². The van der Waals surface area contributed by atoms with Crippen molar-refractivity contribution in [2.45, 2.75) is 17.1 Å². The van der Waals surface area contributed by atoms with Gasteiger partial charge in [-0.1, -0.05) is 35.0 Å². The summed E-state index contributed by atoms with van der Waals surface area (Å²) in [6.07, 6.45) is 0. The Morgan fingerprint density at radius 3 is 2.69 bits per heavy atom. The lowest BCUT2D eigenvalue weighted by molar-refractivity contribution is 0.218. The van der Waals surface area contributed by atoms with Gasteiger partial charge in [-0.2, -0.15) is 4.31 Å². The van der Waals surface area contributed by atoms with E-state index in [4.69, 9.17) is 0 Å². The first-order valence-electron chi connectivity index (χ1n) is 5.19. The minimum Gasteiger partial charge on any atom is -0.207 e. The lowest BCUT2D eigenvalue weighted by atomic mass is 10.1. The standard InChI is InChI=1S/C11H14BrNO2S/c1-9-7-13(8-9)16(14,15)11-4-2-3-10(5-11)6-12/h2-5,9H,6-8H2,1H3. The number of nitrogens with zero attached hydrogens (tertiary/aromatic N) is 1. The van der Waals surface area contributed by atoms with Crippen molar-refractivity contribution in [3.05, 3.63) is 29.8 Å². The molecule has 0 aromatic heterocycles. The maximum absolute atomic E-state index is 12.1. The van der Waals surface area contributed by atoms with Gasteiger partial charge >= 0.3 is 0 Å². The number of benzene rings is 1. The van der Waals surface area contributed by atoms with Gasteiger partial charge in [0.15, 0.2) is 0 Å². The Balaban J connectivity index is 2.29. The Bertz CT molecular complexity index is 481. The van der Waals surface area contributed by atoms with Gasteiger partial charge in [0.05, 0.1) is 4.90 Å². The van der Waals surface area contributed by atoms with Crippen LogP contribution < -0.4 is 0 Å². The molecule has 0 amide bonds. The van der Waals surface area contributed by atoms with Gasteiger partial charge in [-0.05, 0) is 23.6 Å². The fourth-order valence-corrected chi connectivity index (χ4v) is 3.88. The Morgan fingerprint density at radius 1 is 1.44 bits per heavy atom. The second kappa shape index (κ2) is 4.47. The molecule has 1 heterocycles. The van der Waals surface area contributed by atoms with E-state index in [2.05, 4.69) is 22.9 Å². The molecule has 0 spiro atoms. The Kier molecular flexibility index (Phi) is 3.37. The molecule has 2 rings (SSSR count). The maximum Gasteiger partial charge on any atom is 0.243 e. The molecular weight excluding hydrogens is 290 g/mol. The largest absolute Gasteiger partial charge is 0.243 e. The second-order valence-corrected chi connectivity index (χ2v) is 6.71. The first-order valence-corrected chi connectivity index (χ1v) is 7.75. The molecule has 5 heteroatoms. The number of rotatable bonds is 3. The molecule has 1 aromatic carbocycles. The minimum atomic E-state index is -3.26. The molecule has 0 saturated carbocycles. The third-order valence-electron chi connectivity index (χ3n) is 2.72. The summed E-state index contributed by atoms with van der Waals surface area (Å²) in [6, 6.07) is 7.08. The molecule has 1 saturated heterocycles. The van der Waals surface area contributed by atoms with Crippen LogP contribution in [0.3, 0.4) is 0 Å². The lowest BCUT2D eigenvalue weighted by Gasteiger charge is -2.35. The van der Waals surface area contributed by atoms with Crippen LogP contribution >= 0.6 is 15.9 Å². The van der Waals surface area contributed by atoms with E-state index in [0.29, 0.717) is 29.2 Å². The van der Waals surface area contributed by atoms with E-state index in [1.807, 2.05) is 6.07 Å². The van der Waals surface area contributed by atoms with Crippen LogP contribution in [0.1, 0.15) is 12.5 Å². The van der Waals surface area contributed by atoms with Crippen molar-refractivity contribution in [2.24, 2.45) is 5.92 Å². The van der Waals surface area contributed by atoms with Crippen molar-refractivity contribution < 1.29 is 8.42 Å². The molecule has 0 radical (unpaired) electrons. The van der Waals surface area contributed by atoms with Crippen molar-refractivity contribution in [3.8, 4) is 0 Å². The number of hydrogen-bond acceptors (Lipinski definition) is 2. The zero-order valence-corrected chi connectivity index (χ0v) is 11.5. The summed E-state index contributed by atoms with van der Waals surface area (Å²) in [6.45, 7) is 3.34. The SMILES string of the molecule is CC1CN(S(=O)(=O)c2cccc(CBr)c2)C1. The summed E-state index contributed by atoms with van der Waals surface area (Å²) in [7, 11) is -3.26. The van der Waals surface area contributed by atoms with Crippen LogP contribution in [0.4, 0.5) is 0 Å². The zero-order chi connectivity index (χ0) is 11.8. The van der Waals surface area contributed by atoms with Gasteiger partial charge in [0.1, 0.15) is 0 Å². The topological polar surface area (TPSA) is 37.4 Å². The fraction of sp³-hybridized carbons (Fsp3) is 0.455. The zero-order valence-electron chi connectivity index (χ0n) is 9.06. The normalized spacial score (nSPS) is 18.4. The van der Waals surface area contributed by atoms with E-state index < -0.39 is 10.0 Å². The van der Waals surface area contributed by atoms with Crippen molar-refractivity contribution in [1.82, 2.24) is 4.31 Å². The van der Waals surface area contributed by atoms with Crippen LogP contribution in [0.5, 0.6) is 0 Å². The average molecular weight is 304 g/mol. The molecule has 16 heavy (non-hydrogen) atoms. The molecule has 1 fully saturated rings. The summed E-state index contributed by atoms with van der Waals surface area (Å²) in [5.41, 5.74) is 0.981. The first-order chi connectivity index (χ1) is 7.54. The molecule has 0 unspecified atom stereocenters. The van der Waals surface area contributed by atoms with Crippen LogP contribution in [0.2, 0.25) is 0 Å². The van der Waals surface area contributed by atoms with Crippen LogP contribution in [0.25, 0.3) is 0 Å². The van der Waals surface area contributed by atoms with E-state index in [9.17, 15) is 8.42 Å². The number of sulfonamides is 1. The van der Waals surface area contributed by atoms with Gasteiger partial charge in [-0.3, -0.25) is 0 Å². The highest BCUT2D eigenvalue weighted by molar-refractivity contribution is 9.08. The van der Waals surface area contributed by atoms with E-state index in [-0.39, 0.29) is 0 Å². The molecule has 1 aliphatic rings. The molecule has 3 nitrogen and oxygen atoms in total. The molecular formula is C11H14BrNO2S. The van der Waals surface area contributed by atoms with Crippen molar-refractivity contribution in [2.75, 3.05) is 13.1 Å². The highest BCUT2D eigenvalue weighted by Crippen LogP contribution is 2.25. The first kappa shape index (κ1) is 12.1. The van der Waals surface area contributed by atoms with Crippen LogP contribution in [-0.4, -0.2) is 25.8 Å². The molecule has 0 atom stereocenters. The van der Waals surface area contributed by atoms with Crippen molar-refractivity contribution in [3.63, 3.8) is 0 Å². The van der Waals surface area contributed by atoms with Crippen molar-refractivity contribution >= 4 is 26.0 Å². The van der Waals surface area contributed by atoms with Gasteiger partial charge in [-0.25, -0.2) is 8.42 Å². The van der Waals surface area contributed by atoms with Gasteiger partial charge in [-0.15, -0.1) is 0 Å². The summed E-state index contributed by atoms with van der Waals surface area (Å²) >= 11 is 3.33. The second-order valence-electron chi connectivity index (χ2n) is 4.21. The Labute approximate surface area is 105 Å². The summed E-state index contributed by atoms with van der Waals surface area (Å²) in [5, 5.41) is 0.673. The van der Waals surface area contributed by atoms with E-state index in [1.165, 1.54) is 4.31 Å². The van der Waals surface area contributed by atoms with Gasteiger partial charge in [0.2, 0.25) is 10.0 Å². The van der Waals surface area contributed by atoms with Crippen molar-refractivity contribution in [1.29, 1.82) is 0 Å². The smallest absolute Gasteiger partial charge is 0.207 e. The van der Waals surface area contributed by atoms with Gasteiger partial charge in [0.25, 0.3) is 0 Å². The van der Waals surface area contributed by atoms with Crippen LogP contribution in [-0.2, 0) is 15.4 Å². The summed E-state index contributed by atoms with van der Waals surface area (Å²) in [5.74, 6) is 0.481. The number of halogens is 1. The number of hydrogen-bond donors (Lipinski definition) is 0. The fourth-order valence-electron chi connectivity index (χ4n) is 1.78. The Hall–Kier alpha value is -0.390. The van der Waals surface area contributed by atoms with Crippen LogP contribution in [0.15, 0.2) is 29.2 Å². The molecule has 0 N–H and O–H groups in total. The highest BCUT2D eigenvalue weighted by atomic mass is 79.9. The lowest BCUT2D eigenvalue weighted by Crippen LogP contribution is -2.48. The third kappa shape index (κ3) is 2.17. The average Bonchev–Trinajstić information content (AvgIpc) is 2.25. The summed E-state index contributed by atoms with van der Waals surface area (Å²) in [4.78, 5) is 0.399. The predicted molar refractivity (Wildman–Crippen MR) is 67.0 cm³/mol. The monoisotopic (exact) mass is 303 g/mol. The molecule has 1 aromatic rings. The van der Waals surface area contributed by atoms with E-state index in [1.54, 1.807) is 18.2 Å². The molecule has 88 valence electrons. The maximum atomic E-state index is 12.1. The number of alkyl halides is 1. The third-order valence-corrected chi connectivity index (χ3v) is 5.20. The van der Waals surface area contributed by atoms with Crippen LogP contribution in [0, 0.1) is 5.92 Å².